The molecule has 1 aliphatic rings. The number of likely N-dealkylation sites (tertiary alicyclic amines) is 1. The standard InChI is InChI=1S/C26H30FNO6/c1-18(29)22(24(31)33-2)15-23(30)26(16-20-10-6-11-21(27)14-20)12-7-13-28(26)25(32)34-17-19-8-4-3-5-9-19/h3-6,8-11,14,18,22,29H,7,12-13,15-17H2,1-2H3/t18-,22+,26?/m0/s1. The van der Waals surface area contributed by atoms with Gasteiger partial charge in [0.05, 0.1) is 19.1 Å². The molecule has 0 spiro atoms. The van der Waals surface area contributed by atoms with E-state index in [0.717, 1.165) is 5.56 Å². The second kappa shape index (κ2) is 11.2. The predicted octanol–water partition coefficient (Wildman–Crippen LogP) is 3.67. The summed E-state index contributed by atoms with van der Waals surface area (Å²) in [6.07, 6.45) is -1.16. The number of hydrogen-bond acceptors (Lipinski definition) is 6. The SMILES string of the molecule is COC(=O)[C@H](CC(=O)C1(Cc2cccc(F)c2)CCCN1C(=O)OCc1ccccc1)[C@H](C)O. The quantitative estimate of drug-likeness (QED) is 0.561. The van der Waals surface area contributed by atoms with Crippen LogP contribution in [0, 0.1) is 11.7 Å². The first kappa shape index (κ1) is 25.4. The van der Waals surface area contributed by atoms with E-state index in [2.05, 4.69) is 0 Å². The highest BCUT2D eigenvalue weighted by Crippen LogP contribution is 2.37. The Morgan fingerprint density at radius 2 is 1.82 bits per heavy atom. The van der Waals surface area contributed by atoms with Crippen molar-refractivity contribution in [3.63, 3.8) is 0 Å². The topological polar surface area (TPSA) is 93.1 Å². The summed E-state index contributed by atoms with van der Waals surface area (Å²) in [4.78, 5) is 40.4. The van der Waals surface area contributed by atoms with Gasteiger partial charge in [-0.3, -0.25) is 14.5 Å². The Morgan fingerprint density at radius 3 is 2.47 bits per heavy atom. The van der Waals surface area contributed by atoms with E-state index in [0.29, 0.717) is 18.4 Å². The van der Waals surface area contributed by atoms with Crippen LogP contribution in [0.4, 0.5) is 9.18 Å². The zero-order valence-corrected chi connectivity index (χ0v) is 19.4. The Labute approximate surface area is 198 Å². The average Bonchev–Trinajstić information content (AvgIpc) is 3.25. The summed E-state index contributed by atoms with van der Waals surface area (Å²) < 4.78 is 24.2. The Hall–Kier alpha value is -3.26. The summed E-state index contributed by atoms with van der Waals surface area (Å²) >= 11 is 0. The van der Waals surface area contributed by atoms with Gasteiger partial charge in [-0.05, 0) is 43.0 Å². The maximum Gasteiger partial charge on any atom is 0.410 e. The lowest BCUT2D eigenvalue weighted by molar-refractivity contribution is -0.152. The lowest BCUT2D eigenvalue weighted by Crippen LogP contribution is -2.55. The van der Waals surface area contributed by atoms with Crippen molar-refractivity contribution in [2.45, 2.75) is 50.9 Å². The Balaban J connectivity index is 1.90. The highest BCUT2D eigenvalue weighted by Gasteiger charge is 2.51. The molecule has 3 rings (SSSR count). The highest BCUT2D eigenvalue weighted by atomic mass is 19.1. The number of ether oxygens (including phenoxy) is 2. The molecule has 3 atom stereocenters. The summed E-state index contributed by atoms with van der Waals surface area (Å²) in [7, 11) is 1.19. The summed E-state index contributed by atoms with van der Waals surface area (Å²) in [5.74, 6) is -2.64. The second-order valence-corrected chi connectivity index (χ2v) is 8.63. The van der Waals surface area contributed by atoms with Crippen molar-refractivity contribution in [2.75, 3.05) is 13.7 Å². The fraction of sp³-hybridized carbons (Fsp3) is 0.423. The van der Waals surface area contributed by atoms with Crippen molar-refractivity contribution in [2.24, 2.45) is 5.92 Å². The van der Waals surface area contributed by atoms with E-state index >= 15 is 0 Å². The summed E-state index contributed by atoms with van der Waals surface area (Å²) in [5, 5.41) is 10.1. The number of carbonyl (C=O) groups is 3. The monoisotopic (exact) mass is 471 g/mol. The number of benzene rings is 2. The van der Waals surface area contributed by atoms with Crippen molar-refractivity contribution in [3.8, 4) is 0 Å². The van der Waals surface area contributed by atoms with Gasteiger partial charge in [-0.1, -0.05) is 42.5 Å². The molecular formula is C26H30FNO6. The summed E-state index contributed by atoms with van der Waals surface area (Å²) in [5.41, 5.74) is 0.0164. The molecule has 0 bridgehead atoms. The number of amides is 1. The highest BCUT2D eigenvalue weighted by molar-refractivity contribution is 5.95. The van der Waals surface area contributed by atoms with Crippen LogP contribution in [0.1, 0.15) is 37.3 Å². The van der Waals surface area contributed by atoms with Gasteiger partial charge in [-0.25, -0.2) is 9.18 Å². The third-order valence-corrected chi connectivity index (χ3v) is 6.31. The molecule has 2 aromatic carbocycles. The van der Waals surface area contributed by atoms with Crippen molar-refractivity contribution in [1.82, 2.24) is 4.90 Å². The number of aliphatic hydroxyl groups is 1. The molecule has 1 N–H and O–H groups in total. The van der Waals surface area contributed by atoms with E-state index in [1.54, 1.807) is 12.1 Å². The largest absolute Gasteiger partial charge is 0.469 e. The van der Waals surface area contributed by atoms with E-state index in [-0.39, 0.29) is 26.0 Å². The summed E-state index contributed by atoms with van der Waals surface area (Å²) in [6, 6.07) is 15.0. The van der Waals surface area contributed by atoms with Crippen LogP contribution >= 0.6 is 0 Å². The third-order valence-electron chi connectivity index (χ3n) is 6.31. The van der Waals surface area contributed by atoms with Gasteiger partial charge in [0, 0.05) is 19.4 Å². The van der Waals surface area contributed by atoms with Crippen LogP contribution in [-0.4, -0.2) is 53.1 Å². The normalized spacial score (nSPS) is 19.4. The van der Waals surface area contributed by atoms with Gasteiger partial charge in [0.15, 0.2) is 5.78 Å². The van der Waals surface area contributed by atoms with E-state index in [4.69, 9.17) is 9.47 Å². The Morgan fingerprint density at radius 1 is 1.12 bits per heavy atom. The fourth-order valence-electron chi connectivity index (χ4n) is 4.49. The number of esters is 1. The van der Waals surface area contributed by atoms with Gasteiger partial charge < -0.3 is 14.6 Å². The van der Waals surface area contributed by atoms with Crippen LogP contribution in [0.25, 0.3) is 0 Å². The van der Waals surface area contributed by atoms with Crippen molar-refractivity contribution in [1.29, 1.82) is 0 Å². The van der Waals surface area contributed by atoms with Gasteiger partial charge >= 0.3 is 12.1 Å². The van der Waals surface area contributed by atoms with Gasteiger partial charge in [-0.15, -0.1) is 0 Å². The van der Waals surface area contributed by atoms with Crippen molar-refractivity contribution >= 4 is 17.8 Å². The van der Waals surface area contributed by atoms with E-state index in [1.807, 2.05) is 30.3 Å². The molecule has 0 aliphatic carbocycles. The predicted molar refractivity (Wildman–Crippen MR) is 122 cm³/mol. The molecular weight excluding hydrogens is 441 g/mol. The molecule has 34 heavy (non-hydrogen) atoms. The van der Waals surface area contributed by atoms with Crippen LogP contribution in [0.3, 0.4) is 0 Å². The number of methoxy groups -OCH3 is 1. The molecule has 1 fully saturated rings. The van der Waals surface area contributed by atoms with Crippen LogP contribution in [0.2, 0.25) is 0 Å². The van der Waals surface area contributed by atoms with Crippen LogP contribution in [0.5, 0.6) is 0 Å². The Kier molecular flexibility index (Phi) is 8.39. The zero-order valence-electron chi connectivity index (χ0n) is 19.4. The number of rotatable bonds is 9. The number of hydrogen-bond donors (Lipinski definition) is 1. The minimum atomic E-state index is -1.33. The minimum Gasteiger partial charge on any atom is -0.469 e. The first-order valence-corrected chi connectivity index (χ1v) is 11.3. The molecule has 1 saturated heterocycles. The van der Waals surface area contributed by atoms with E-state index < -0.39 is 41.2 Å². The molecule has 0 radical (unpaired) electrons. The maximum atomic E-state index is 13.9. The minimum absolute atomic E-state index is 0.0405. The number of halogens is 1. The lowest BCUT2D eigenvalue weighted by atomic mass is 9.79. The lowest BCUT2D eigenvalue weighted by Gasteiger charge is -2.37. The van der Waals surface area contributed by atoms with Gasteiger partial charge in [-0.2, -0.15) is 0 Å². The van der Waals surface area contributed by atoms with E-state index in [1.165, 1.54) is 31.1 Å². The number of Topliss-reactive ketones (excluding diaryl/α,β-unsaturated/α-hetero) is 1. The molecule has 0 aromatic heterocycles. The van der Waals surface area contributed by atoms with Gasteiger partial charge in [0.2, 0.25) is 0 Å². The van der Waals surface area contributed by atoms with Gasteiger partial charge in [0.25, 0.3) is 0 Å². The fourth-order valence-corrected chi connectivity index (χ4v) is 4.49. The molecule has 0 saturated carbocycles. The summed E-state index contributed by atoms with van der Waals surface area (Å²) in [6.45, 7) is 1.74. The Bertz CT molecular complexity index is 1010. The molecule has 7 nitrogen and oxygen atoms in total. The molecule has 2 aromatic rings. The molecule has 8 heteroatoms. The smallest absolute Gasteiger partial charge is 0.410 e. The average molecular weight is 472 g/mol. The number of aliphatic hydroxyl groups excluding tert-OH is 1. The molecule has 1 unspecified atom stereocenters. The number of nitrogens with zero attached hydrogens (tertiary/aromatic N) is 1. The third kappa shape index (κ3) is 5.80. The maximum absolute atomic E-state index is 13.9. The van der Waals surface area contributed by atoms with Crippen LogP contribution in [0.15, 0.2) is 54.6 Å². The molecule has 1 amide bonds. The van der Waals surface area contributed by atoms with Crippen molar-refractivity contribution in [3.05, 3.63) is 71.5 Å². The van der Waals surface area contributed by atoms with E-state index in [9.17, 15) is 23.9 Å². The van der Waals surface area contributed by atoms with Gasteiger partial charge in [0.1, 0.15) is 18.0 Å². The first-order chi connectivity index (χ1) is 16.3. The number of carbonyl (C=O) groups excluding carboxylic acids is 3. The second-order valence-electron chi connectivity index (χ2n) is 8.63. The molecule has 182 valence electrons. The molecule has 1 heterocycles. The molecule has 1 aliphatic heterocycles. The van der Waals surface area contributed by atoms with Crippen molar-refractivity contribution < 1.29 is 33.4 Å². The van der Waals surface area contributed by atoms with Crippen LogP contribution < -0.4 is 0 Å². The zero-order chi connectivity index (χ0) is 24.7. The first-order valence-electron chi connectivity index (χ1n) is 11.3. The number of ketones is 1. The van der Waals surface area contributed by atoms with Crippen LogP contribution in [-0.2, 0) is 32.1 Å².